The fourth-order valence-electron chi connectivity index (χ4n) is 6.78. The van der Waals surface area contributed by atoms with Crippen molar-refractivity contribution in [2.75, 3.05) is 45.4 Å². The summed E-state index contributed by atoms with van der Waals surface area (Å²) in [6, 6.07) is 19.5. The topological polar surface area (TPSA) is 143 Å². The van der Waals surface area contributed by atoms with Crippen molar-refractivity contribution in [1.82, 2.24) is 5.32 Å². The van der Waals surface area contributed by atoms with Gasteiger partial charge in [-0.3, -0.25) is 9.59 Å². The lowest BCUT2D eigenvalue weighted by molar-refractivity contribution is -0.141. The van der Waals surface area contributed by atoms with Gasteiger partial charge in [-0.2, -0.15) is 0 Å². The molecule has 0 spiro atoms. The second kappa shape index (κ2) is 13.1. The number of fused-ring (bicyclic) bond motifs is 3. The van der Waals surface area contributed by atoms with Crippen molar-refractivity contribution in [3.8, 4) is 28.7 Å². The van der Waals surface area contributed by atoms with Crippen LogP contribution in [0.4, 0.5) is 16.2 Å². The number of urea groups is 1. The number of amides is 3. The maximum Gasteiger partial charge on any atom is 0.323 e. The Hall–Kier alpha value is -5.62. The maximum absolute atomic E-state index is 13.8. The molecule has 2 heterocycles. The zero-order chi connectivity index (χ0) is 34.2. The average Bonchev–Trinajstić information content (AvgIpc) is 3.74. The van der Waals surface area contributed by atoms with E-state index in [9.17, 15) is 14.4 Å². The van der Waals surface area contributed by atoms with Crippen LogP contribution in [0, 0.1) is 11.8 Å². The molecule has 4 aromatic carbocycles. The standard InChI is InChI=1S/C36H32ClN3O9/c1-44-28-12-19(13-29(45-2)33(28)46-3)30-23-14-26-27(49-17-48-26)15-24(23)32(25-16-47-35(42)31(25)30)40-34(41)18-4-8-21(9-5-18)38-36(43)39-22-10-6-20(37)7-11-22/h4-15,25,30-32H,16-17H2,1-3H3,(H,40,41)(H2,38,39,43)/t25-,30+,31-,32+/m0/s1. The van der Waals surface area contributed by atoms with E-state index in [1.54, 1.807) is 48.5 Å². The van der Waals surface area contributed by atoms with Gasteiger partial charge in [-0.15, -0.1) is 0 Å². The highest BCUT2D eigenvalue weighted by atomic mass is 35.5. The number of carbonyl (C=O) groups is 3. The van der Waals surface area contributed by atoms with E-state index in [1.165, 1.54) is 21.3 Å². The number of carbonyl (C=O) groups excluding carboxylic acids is 3. The zero-order valence-electron chi connectivity index (χ0n) is 26.7. The van der Waals surface area contributed by atoms with Crippen LogP contribution in [0.1, 0.15) is 39.0 Å². The van der Waals surface area contributed by atoms with Gasteiger partial charge in [0.2, 0.25) is 12.5 Å². The molecule has 0 bridgehead atoms. The second-order valence-corrected chi connectivity index (χ2v) is 12.1. The van der Waals surface area contributed by atoms with Gasteiger partial charge in [-0.25, -0.2) is 4.79 Å². The third-order valence-corrected chi connectivity index (χ3v) is 9.28. The van der Waals surface area contributed by atoms with Crippen LogP contribution >= 0.6 is 11.6 Å². The predicted molar refractivity (Wildman–Crippen MR) is 179 cm³/mol. The summed E-state index contributed by atoms with van der Waals surface area (Å²) in [5, 5.41) is 9.20. The number of benzene rings is 4. The monoisotopic (exact) mass is 685 g/mol. The van der Waals surface area contributed by atoms with Gasteiger partial charge in [-0.1, -0.05) is 11.6 Å². The van der Waals surface area contributed by atoms with E-state index >= 15 is 0 Å². The van der Waals surface area contributed by atoms with Crippen molar-refractivity contribution in [3.05, 3.63) is 100 Å². The summed E-state index contributed by atoms with van der Waals surface area (Å²) < 4.78 is 34.0. The number of nitrogens with one attached hydrogen (secondary N) is 3. The fraction of sp³-hybridized carbons (Fsp3) is 0.250. The molecule has 49 heavy (non-hydrogen) atoms. The van der Waals surface area contributed by atoms with E-state index in [1.807, 2.05) is 24.3 Å². The van der Waals surface area contributed by atoms with E-state index in [-0.39, 0.29) is 25.3 Å². The van der Waals surface area contributed by atoms with E-state index in [0.717, 1.165) is 16.7 Å². The molecule has 4 aromatic rings. The molecule has 12 nitrogen and oxygen atoms in total. The molecule has 7 rings (SSSR count). The molecule has 3 N–H and O–H groups in total. The molecule has 13 heteroatoms. The van der Waals surface area contributed by atoms with Gasteiger partial charge in [0.15, 0.2) is 23.0 Å². The minimum atomic E-state index is -0.647. The highest BCUT2D eigenvalue weighted by Crippen LogP contribution is 2.55. The van der Waals surface area contributed by atoms with Crippen molar-refractivity contribution >= 4 is 40.9 Å². The van der Waals surface area contributed by atoms with Gasteiger partial charge >= 0.3 is 12.0 Å². The number of rotatable bonds is 8. The Kier molecular flexibility index (Phi) is 8.55. The molecule has 1 fully saturated rings. The number of halogens is 1. The minimum Gasteiger partial charge on any atom is -0.493 e. The summed E-state index contributed by atoms with van der Waals surface area (Å²) in [6.45, 7) is 0.159. The van der Waals surface area contributed by atoms with Gasteiger partial charge < -0.3 is 44.4 Å². The van der Waals surface area contributed by atoms with E-state index in [4.69, 9.17) is 40.0 Å². The Morgan fingerprint density at radius 1 is 0.776 bits per heavy atom. The van der Waals surface area contributed by atoms with Crippen LogP contribution < -0.4 is 39.6 Å². The van der Waals surface area contributed by atoms with Crippen molar-refractivity contribution in [3.63, 3.8) is 0 Å². The number of hydrogen-bond donors (Lipinski definition) is 3. The largest absolute Gasteiger partial charge is 0.493 e. The van der Waals surface area contributed by atoms with Crippen LogP contribution in [0.2, 0.25) is 5.02 Å². The molecule has 0 radical (unpaired) electrons. The summed E-state index contributed by atoms with van der Waals surface area (Å²) in [6.07, 6.45) is 0. The highest BCUT2D eigenvalue weighted by molar-refractivity contribution is 6.30. The predicted octanol–water partition coefficient (Wildman–Crippen LogP) is 6.14. The van der Waals surface area contributed by atoms with Gasteiger partial charge in [0.05, 0.1) is 39.9 Å². The van der Waals surface area contributed by atoms with Crippen molar-refractivity contribution < 1.29 is 42.8 Å². The molecule has 252 valence electrons. The summed E-state index contributed by atoms with van der Waals surface area (Å²) >= 11 is 5.92. The molecular weight excluding hydrogens is 654 g/mol. The number of anilines is 2. The molecule has 1 aliphatic carbocycles. The fourth-order valence-corrected chi connectivity index (χ4v) is 6.91. The first-order valence-electron chi connectivity index (χ1n) is 15.4. The third kappa shape index (κ3) is 5.99. The molecule has 0 aromatic heterocycles. The lowest BCUT2D eigenvalue weighted by atomic mass is 9.65. The Balaban J connectivity index is 1.19. The number of methoxy groups -OCH3 is 3. The third-order valence-electron chi connectivity index (χ3n) is 9.03. The molecule has 1 saturated heterocycles. The lowest BCUT2D eigenvalue weighted by Gasteiger charge is -2.39. The van der Waals surface area contributed by atoms with Crippen LogP contribution in [0.15, 0.2) is 72.8 Å². The molecule has 0 saturated carbocycles. The minimum absolute atomic E-state index is 0.0527. The van der Waals surface area contributed by atoms with Crippen LogP contribution in [0.25, 0.3) is 0 Å². The van der Waals surface area contributed by atoms with Crippen molar-refractivity contribution in [2.45, 2.75) is 12.0 Å². The molecular formula is C36H32ClN3O9. The Morgan fingerprint density at radius 3 is 1.96 bits per heavy atom. The first-order valence-corrected chi connectivity index (χ1v) is 15.8. The van der Waals surface area contributed by atoms with E-state index < -0.39 is 29.8 Å². The summed E-state index contributed by atoms with van der Waals surface area (Å²) in [5.41, 5.74) is 3.72. The Labute approximate surface area is 286 Å². The lowest BCUT2D eigenvalue weighted by Crippen LogP contribution is -2.42. The van der Waals surface area contributed by atoms with Crippen LogP contribution in [0.3, 0.4) is 0 Å². The van der Waals surface area contributed by atoms with Crippen LogP contribution in [0.5, 0.6) is 28.7 Å². The molecule has 3 amide bonds. The zero-order valence-corrected chi connectivity index (χ0v) is 27.5. The smallest absolute Gasteiger partial charge is 0.323 e. The SMILES string of the molecule is COc1cc([C@@H]2c3cc4c(cc3[C@@H](NC(=O)c3ccc(NC(=O)Nc5ccc(Cl)cc5)cc3)[C@H]3COC(=O)[C@H]23)OCO4)cc(OC)c1OC. The highest BCUT2D eigenvalue weighted by Gasteiger charge is 2.53. The first-order chi connectivity index (χ1) is 23.8. The average molecular weight is 686 g/mol. The number of hydrogen-bond acceptors (Lipinski definition) is 9. The summed E-state index contributed by atoms with van der Waals surface area (Å²) in [7, 11) is 4.59. The van der Waals surface area contributed by atoms with Crippen LogP contribution in [-0.2, 0) is 9.53 Å². The quantitative estimate of drug-likeness (QED) is 0.186. The molecule has 3 aliphatic rings. The van der Waals surface area contributed by atoms with Gasteiger partial charge in [-0.05, 0) is 89.5 Å². The van der Waals surface area contributed by atoms with Gasteiger partial charge in [0.1, 0.15) is 0 Å². The van der Waals surface area contributed by atoms with Crippen molar-refractivity contribution in [1.29, 1.82) is 0 Å². The van der Waals surface area contributed by atoms with Crippen LogP contribution in [-0.4, -0.2) is 52.6 Å². The molecule has 4 atom stereocenters. The Bertz CT molecular complexity index is 1910. The van der Waals surface area contributed by atoms with E-state index in [2.05, 4.69) is 16.0 Å². The molecule has 2 aliphatic heterocycles. The first kappa shape index (κ1) is 32.0. The molecule has 0 unspecified atom stereocenters. The normalized spacial score (nSPS) is 20.0. The number of esters is 1. The number of ether oxygens (including phenoxy) is 6. The second-order valence-electron chi connectivity index (χ2n) is 11.7. The number of cyclic esters (lactones) is 1. The summed E-state index contributed by atoms with van der Waals surface area (Å²) in [4.78, 5) is 39.8. The van der Waals surface area contributed by atoms with Gasteiger partial charge in [0.25, 0.3) is 5.91 Å². The van der Waals surface area contributed by atoms with Gasteiger partial charge in [0, 0.05) is 33.8 Å². The Morgan fingerprint density at radius 2 is 1.37 bits per heavy atom. The van der Waals surface area contributed by atoms with E-state index in [0.29, 0.717) is 50.7 Å². The maximum atomic E-state index is 13.8. The summed E-state index contributed by atoms with van der Waals surface area (Å²) in [5.74, 6) is 0.0966. The van der Waals surface area contributed by atoms with Crippen molar-refractivity contribution in [2.24, 2.45) is 11.8 Å².